The van der Waals surface area contributed by atoms with E-state index in [1.807, 2.05) is 18.7 Å². The zero-order chi connectivity index (χ0) is 20.9. The summed E-state index contributed by atoms with van der Waals surface area (Å²) in [5.41, 5.74) is 4.52. The molecule has 0 radical (unpaired) electrons. The monoisotopic (exact) mass is 536 g/mol. The number of nitrogens with zero attached hydrogens (tertiary/aromatic N) is 4. The van der Waals surface area contributed by atoms with Gasteiger partial charge in [0.1, 0.15) is 0 Å². The van der Waals surface area contributed by atoms with E-state index in [4.69, 9.17) is 0 Å². The summed E-state index contributed by atoms with van der Waals surface area (Å²) >= 11 is 0. The van der Waals surface area contributed by atoms with Crippen molar-refractivity contribution in [3.8, 4) is 5.69 Å². The lowest BCUT2D eigenvalue weighted by Crippen LogP contribution is -2.50. The zero-order valence-electron chi connectivity index (χ0n) is 19.1. The fourth-order valence-corrected chi connectivity index (χ4v) is 4.99. The minimum Gasteiger partial charge on any atom is -0.354 e. The van der Waals surface area contributed by atoms with Crippen molar-refractivity contribution >= 4 is 29.9 Å². The van der Waals surface area contributed by atoms with Crippen molar-refractivity contribution in [2.24, 2.45) is 4.99 Å². The number of nitrogens with one attached hydrogen (secondary N) is 2. The third-order valence-corrected chi connectivity index (χ3v) is 6.61. The van der Waals surface area contributed by atoms with Gasteiger partial charge in [-0.25, -0.2) is 4.68 Å². The Bertz CT molecular complexity index is 863. The van der Waals surface area contributed by atoms with Crippen molar-refractivity contribution in [1.82, 2.24) is 25.3 Å². The van der Waals surface area contributed by atoms with Crippen LogP contribution in [0.25, 0.3) is 5.69 Å². The number of rotatable bonds is 5. The number of hydrogen-bond donors (Lipinski definition) is 2. The normalized spacial score (nSPS) is 18.7. The van der Waals surface area contributed by atoms with E-state index < -0.39 is 0 Å². The second kappa shape index (κ2) is 11.3. The van der Waals surface area contributed by atoms with Crippen molar-refractivity contribution in [2.45, 2.75) is 71.0 Å². The van der Waals surface area contributed by atoms with E-state index in [1.54, 1.807) is 0 Å². The van der Waals surface area contributed by atoms with E-state index in [1.165, 1.54) is 57.2 Å². The second-order valence-electron chi connectivity index (χ2n) is 8.79. The van der Waals surface area contributed by atoms with Crippen molar-refractivity contribution in [3.05, 3.63) is 47.3 Å². The molecule has 1 aliphatic carbocycles. The number of para-hydroxylation sites is 1. The number of piperidine rings is 1. The van der Waals surface area contributed by atoms with Crippen LogP contribution in [0.5, 0.6) is 0 Å². The van der Waals surface area contributed by atoms with Crippen molar-refractivity contribution in [2.75, 3.05) is 20.1 Å². The average Bonchev–Trinajstić information content (AvgIpc) is 3.41. The van der Waals surface area contributed by atoms with E-state index in [0.29, 0.717) is 6.04 Å². The molecule has 2 N–H and O–H groups in total. The first kappa shape index (κ1) is 24.0. The highest BCUT2D eigenvalue weighted by molar-refractivity contribution is 14.0. The van der Waals surface area contributed by atoms with Gasteiger partial charge in [0.25, 0.3) is 0 Å². The Balaban J connectivity index is 0.00000272. The van der Waals surface area contributed by atoms with Gasteiger partial charge in [-0.1, -0.05) is 31.0 Å². The van der Waals surface area contributed by atoms with Crippen molar-refractivity contribution < 1.29 is 0 Å². The topological polar surface area (TPSA) is 57.5 Å². The molecule has 6 nitrogen and oxygen atoms in total. The molecule has 7 heteroatoms. The first-order valence-corrected chi connectivity index (χ1v) is 11.5. The number of benzene rings is 1. The molecule has 2 aromatic rings. The van der Waals surface area contributed by atoms with E-state index in [-0.39, 0.29) is 24.0 Å². The van der Waals surface area contributed by atoms with E-state index in [0.717, 1.165) is 35.6 Å². The molecule has 1 aliphatic heterocycles. The lowest BCUT2D eigenvalue weighted by atomic mass is 10.0. The smallest absolute Gasteiger partial charge is 0.191 e. The lowest BCUT2D eigenvalue weighted by molar-refractivity contribution is 0.150. The summed E-state index contributed by atoms with van der Waals surface area (Å²) in [6.45, 7) is 7.27. The van der Waals surface area contributed by atoms with E-state index in [9.17, 15) is 0 Å². The lowest BCUT2D eigenvalue weighted by Gasteiger charge is -2.36. The average molecular weight is 537 g/mol. The van der Waals surface area contributed by atoms with Gasteiger partial charge < -0.3 is 15.5 Å². The fraction of sp³-hybridized carbons (Fsp3) is 0.583. The van der Waals surface area contributed by atoms with Crippen LogP contribution < -0.4 is 10.6 Å². The number of guanidine groups is 1. The van der Waals surface area contributed by atoms with Crippen LogP contribution >= 0.6 is 24.0 Å². The van der Waals surface area contributed by atoms with Crippen molar-refractivity contribution in [1.29, 1.82) is 0 Å². The quantitative estimate of drug-likeness (QED) is 0.342. The molecule has 170 valence electrons. The molecule has 1 aromatic heterocycles. The molecule has 0 atom stereocenters. The Morgan fingerprint density at radius 3 is 2.45 bits per heavy atom. The molecule has 1 saturated carbocycles. The maximum absolute atomic E-state index is 4.66. The highest BCUT2D eigenvalue weighted by atomic mass is 127. The zero-order valence-corrected chi connectivity index (χ0v) is 21.4. The van der Waals surface area contributed by atoms with Crippen LogP contribution in [0.3, 0.4) is 0 Å². The van der Waals surface area contributed by atoms with Gasteiger partial charge in [-0.3, -0.25) is 4.99 Å². The number of likely N-dealkylation sites (tertiary alicyclic amines) is 1. The number of hydrogen-bond acceptors (Lipinski definition) is 3. The van der Waals surface area contributed by atoms with Gasteiger partial charge >= 0.3 is 0 Å². The third-order valence-electron chi connectivity index (χ3n) is 6.61. The maximum atomic E-state index is 4.66. The Labute approximate surface area is 203 Å². The summed E-state index contributed by atoms with van der Waals surface area (Å²) in [6.07, 6.45) is 8.02. The predicted octanol–water partition coefficient (Wildman–Crippen LogP) is 4.18. The Morgan fingerprint density at radius 1 is 1.10 bits per heavy atom. The predicted molar refractivity (Wildman–Crippen MR) is 139 cm³/mol. The number of aliphatic imine (C=N–C) groups is 1. The minimum atomic E-state index is 0. The largest absolute Gasteiger partial charge is 0.354 e. The molecule has 0 unspecified atom stereocenters. The molecule has 1 aromatic carbocycles. The summed E-state index contributed by atoms with van der Waals surface area (Å²) in [5, 5.41) is 11.8. The van der Waals surface area contributed by atoms with Crippen LogP contribution in [-0.4, -0.2) is 52.9 Å². The minimum absolute atomic E-state index is 0. The van der Waals surface area contributed by atoms with Gasteiger partial charge in [-0.05, 0) is 57.2 Å². The van der Waals surface area contributed by atoms with Gasteiger partial charge in [-0.15, -0.1) is 24.0 Å². The second-order valence-corrected chi connectivity index (χ2v) is 8.79. The van der Waals surface area contributed by atoms with E-state index in [2.05, 4.69) is 62.9 Å². The van der Waals surface area contributed by atoms with Gasteiger partial charge in [0.05, 0.1) is 11.4 Å². The Kier molecular flexibility index (Phi) is 8.77. The van der Waals surface area contributed by atoms with Gasteiger partial charge in [0.2, 0.25) is 0 Å². The molecule has 31 heavy (non-hydrogen) atoms. The molecule has 2 aliphatic rings. The van der Waals surface area contributed by atoms with E-state index >= 15 is 0 Å². The SMILES string of the molecule is CN=C(NCc1ccccc1-n1nc(C)cc1C)NC1CCN(C2CCCC2)CC1.I. The molecule has 0 bridgehead atoms. The van der Waals surface area contributed by atoms with Crippen molar-refractivity contribution in [3.63, 3.8) is 0 Å². The third kappa shape index (κ3) is 6.00. The molecule has 0 spiro atoms. The molecule has 2 heterocycles. The first-order chi connectivity index (χ1) is 14.6. The van der Waals surface area contributed by atoms with Crippen LogP contribution in [0.15, 0.2) is 35.3 Å². The molecule has 1 saturated heterocycles. The standard InChI is InChI=1S/C24H36N6.HI/c1-18-16-19(2)30(28-18)23-11-7-4-8-20(23)17-26-24(25-3)27-21-12-14-29(15-13-21)22-9-5-6-10-22;/h4,7-8,11,16,21-22H,5-6,9-10,12-15,17H2,1-3H3,(H2,25,26,27);1H. The number of aromatic nitrogens is 2. The fourth-order valence-electron chi connectivity index (χ4n) is 4.99. The molecule has 2 fully saturated rings. The number of halogens is 1. The van der Waals surface area contributed by atoms with Gasteiger partial charge in [-0.2, -0.15) is 5.10 Å². The summed E-state index contributed by atoms with van der Waals surface area (Å²) in [4.78, 5) is 7.19. The summed E-state index contributed by atoms with van der Waals surface area (Å²) in [7, 11) is 1.86. The molecule has 4 rings (SSSR count). The van der Waals surface area contributed by atoms with Gasteiger partial charge in [0, 0.05) is 44.5 Å². The summed E-state index contributed by atoms with van der Waals surface area (Å²) in [5.74, 6) is 0.887. The summed E-state index contributed by atoms with van der Waals surface area (Å²) < 4.78 is 2.03. The van der Waals surface area contributed by atoms with Crippen LogP contribution in [0, 0.1) is 13.8 Å². The molecular formula is C24H37IN6. The number of aryl methyl sites for hydroxylation is 2. The maximum Gasteiger partial charge on any atom is 0.191 e. The first-order valence-electron chi connectivity index (χ1n) is 11.5. The summed E-state index contributed by atoms with van der Waals surface area (Å²) in [6, 6.07) is 11.9. The van der Waals surface area contributed by atoms with Crippen LogP contribution in [0.1, 0.15) is 55.5 Å². The Morgan fingerprint density at radius 2 is 1.81 bits per heavy atom. The molecular weight excluding hydrogens is 499 g/mol. The van der Waals surface area contributed by atoms with Crippen LogP contribution in [0.4, 0.5) is 0 Å². The van der Waals surface area contributed by atoms with Gasteiger partial charge in [0.15, 0.2) is 5.96 Å². The highest BCUT2D eigenvalue weighted by Crippen LogP contribution is 2.26. The Hall–Kier alpha value is -1.61. The van der Waals surface area contributed by atoms with Crippen LogP contribution in [-0.2, 0) is 6.54 Å². The highest BCUT2D eigenvalue weighted by Gasteiger charge is 2.27. The van der Waals surface area contributed by atoms with Crippen LogP contribution in [0.2, 0.25) is 0 Å². The molecule has 0 amide bonds.